The van der Waals surface area contributed by atoms with Crippen LogP contribution in [0.25, 0.3) is 0 Å². The van der Waals surface area contributed by atoms with Crippen LogP contribution >= 0.6 is 0 Å². The molecule has 5 nitrogen and oxygen atoms in total. The minimum absolute atomic E-state index is 0.0263. The van der Waals surface area contributed by atoms with Crippen LogP contribution in [0.15, 0.2) is 18.2 Å². The van der Waals surface area contributed by atoms with Crippen molar-refractivity contribution in [1.29, 1.82) is 5.26 Å². The number of nitrogens with one attached hydrogen (secondary N) is 2. The maximum absolute atomic E-state index is 12.1. The van der Waals surface area contributed by atoms with E-state index in [2.05, 4.69) is 21.6 Å². The summed E-state index contributed by atoms with van der Waals surface area (Å²) in [6.45, 7) is 7.68. The van der Waals surface area contributed by atoms with Gasteiger partial charge in [-0.15, -0.1) is 0 Å². The first kappa shape index (κ1) is 16.3. The second kappa shape index (κ2) is 7.81. The zero-order valence-corrected chi connectivity index (χ0v) is 13.4. The van der Waals surface area contributed by atoms with Crippen molar-refractivity contribution in [2.75, 3.05) is 36.4 Å². The molecule has 0 atom stereocenters. The van der Waals surface area contributed by atoms with Crippen molar-refractivity contribution in [2.24, 2.45) is 5.92 Å². The van der Waals surface area contributed by atoms with Crippen molar-refractivity contribution in [3.63, 3.8) is 0 Å². The number of hydrogen-bond donors (Lipinski definition) is 2. The summed E-state index contributed by atoms with van der Waals surface area (Å²) in [7, 11) is 0. The Morgan fingerprint density at radius 2 is 2.05 bits per heavy atom. The molecule has 2 N–H and O–H groups in total. The number of carbonyl (C=O) groups is 1. The number of carbonyl (C=O) groups excluding carboxylic acids is 1. The van der Waals surface area contributed by atoms with Crippen molar-refractivity contribution in [3.05, 3.63) is 23.8 Å². The third-order valence-corrected chi connectivity index (χ3v) is 4.20. The maximum Gasteiger partial charge on any atom is 0.227 e. The average molecular weight is 300 g/mol. The summed E-state index contributed by atoms with van der Waals surface area (Å²) >= 11 is 0. The van der Waals surface area contributed by atoms with E-state index >= 15 is 0 Å². The predicted molar refractivity (Wildman–Crippen MR) is 88.9 cm³/mol. The van der Waals surface area contributed by atoms with Crippen molar-refractivity contribution in [3.8, 4) is 6.07 Å². The zero-order chi connectivity index (χ0) is 15.9. The Bertz CT molecular complexity index is 554. The van der Waals surface area contributed by atoms with Gasteiger partial charge in [-0.25, -0.2) is 0 Å². The first-order valence-corrected chi connectivity index (χ1v) is 8.00. The Morgan fingerprint density at radius 1 is 1.36 bits per heavy atom. The van der Waals surface area contributed by atoms with Crippen molar-refractivity contribution in [1.82, 2.24) is 5.32 Å². The molecule has 0 aromatic heterocycles. The quantitative estimate of drug-likeness (QED) is 0.876. The monoisotopic (exact) mass is 300 g/mol. The predicted octanol–water partition coefficient (Wildman–Crippen LogP) is 2.34. The molecule has 0 aliphatic carbocycles. The summed E-state index contributed by atoms with van der Waals surface area (Å²) in [6, 6.07) is 7.85. The second-order valence-electron chi connectivity index (χ2n) is 5.58. The van der Waals surface area contributed by atoms with Crippen LogP contribution in [-0.4, -0.2) is 32.1 Å². The molecule has 5 heteroatoms. The molecule has 0 unspecified atom stereocenters. The van der Waals surface area contributed by atoms with Crippen LogP contribution in [0.5, 0.6) is 0 Å². The topological polar surface area (TPSA) is 68.2 Å². The van der Waals surface area contributed by atoms with E-state index in [0.29, 0.717) is 11.3 Å². The Kier molecular flexibility index (Phi) is 5.79. The highest BCUT2D eigenvalue weighted by atomic mass is 16.1. The van der Waals surface area contributed by atoms with Crippen LogP contribution in [0.3, 0.4) is 0 Å². The summed E-state index contributed by atoms with van der Waals surface area (Å²) < 4.78 is 0. The molecule has 1 aromatic rings. The summed E-state index contributed by atoms with van der Waals surface area (Å²) in [4.78, 5) is 14.4. The highest BCUT2D eigenvalue weighted by molar-refractivity contribution is 5.93. The fourth-order valence-electron chi connectivity index (χ4n) is 2.79. The lowest BCUT2D eigenvalue weighted by Crippen LogP contribution is -2.43. The largest absolute Gasteiger partial charge is 0.368 e. The summed E-state index contributed by atoms with van der Waals surface area (Å²) in [5.74, 6) is 0.0576. The third kappa shape index (κ3) is 3.77. The lowest BCUT2D eigenvalue weighted by atomic mass is 10.0. The third-order valence-electron chi connectivity index (χ3n) is 4.20. The van der Waals surface area contributed by atoms with Crippen LogP contribution in [0.4, 0.5) is 11.4 Å². The van der Waals surface area contributed by atoms with E-state index in [1.807, 2.05) is 26.0 Å². The molecule has 118 valence electrons. The molecule has 1 aliphatic heterocycles. The standard InChI is InChI=1S/C17H24N4O/c1-3-13(4-2)17(22)20-15-5-6-16(14(11-15)12-18)21-9-7-19-8-10-21/h5-6,11,13,19H,3-4,7-10H2,1-2H3,(H,20,22). The molecule has 2 rings (SSSR count). The molecular weight excluding hydrogens is 276 g/mol. The molecule has 1 saturated heterocycles. The SMILES string of the molecule is CCC(CC)C(=O)Nc1ccc(N2CCNCC2)c(C#N)c1. The molecule has 0 radical (unpaired) electrons. The van der Waals surface area contributed by atoms with Crippen LogP contribution in [0.1, 0.15) is 32.3 Å². The van der Waals surface area contributed by atoms with Gasteiger partial charge in [0.25, 0.3) is 0 Å². The Balaban J connectivity index is 2.15. The van der Waals surface area contributed by atoms with Gasteiger partial charge in [0, 0.05) is 37.8 Å². The van der Waals surface area contributed by atoms with Gasteiger partial charge in [0.05, 0.1) is 11.3 Å². The molecule has 1 fully saturated rings. The van der Waals surface area contributed by atoms with E-state index in [1.165, 1.54) is 0 Å². The first-order chi connectivity index (χ1) is 10.7. The second-order valence-corrected chi connectivity index (χ2v) is 5.58. The fraction of sp³-hybridized carbons (Fsp3) is 0.529. The van der Waals surface area contributed by atoms with Crippen LogP contribution in [-0.2, 0) is 4.79 Å². The lowest BCUT2D eigenvalue weighted by molar-refractivity contribution is -0.120. The zero-order valence-electron chi connectivity index (χ0n) is 13.4. The number of nitriles is 1. The van der Waals surface area contributed by atoms with Gasteiger partial charge in [0.1, 0.15) is 6.07 Å². The van der Waals surface area contributed by atoms with Gasteiger partial charge in [-0.1, -0.05) is 13.8 Å². The number of amides is 1. The van der Waals surface area contributed by atoms with E-state index < -0.39 is 0 Å². The molecule has 1 amide bonds. The van der Waals surface area contributed by atoms with E-state index in [4.69, 9.17) is 0 Å². The average Bonchev–Trinajstić information content (AvgIpc) is 2.56. The molecular formula is C17H24N4O. The summed E-state index contributed by atoms with van der Waals surface area (Å²) in [5, 5.41) is 15.6. The normalized spacial score (nSPS) is 14.7. The van der Waals surface area contributed by atoms with Crippen LogP contribution in [0.2, 0.25) is 0 Å². The minimum atomic E-state index is 0.0263. The number of piperazine rings is 1. The van der Waals surface area contributed by atoms with E-state index in [1.54, 1.807) is 6.07 Å². The smallest absolute Gasteiger partial charge is 0.227 e. The number of benzene rings is 1. The summed E-state index contributed by atoms with van der Waals surface area (Å²) in [5.41, 5.74) is 2.26. The highest BCUT2D eigenvalue weighted by Gasteiger charge is 2.17. The van der Waals surface area contributed by atoms with Gasteiger partial charge in [-0.05, 0) is 31.0 Å². The molecule has 0 spiro atoms. The number of anilines is 2. The number of rotatable bonds is 5. The van der Waals surface area contributed by atoms with Gasteiger partial charge in [-0.2, -0.15) is 5.26 Å². The van der Waals surface area contributed by atoms with Crippen LogP contribution < -0.4 is 15.5 Å². The van der Waals surface area contributed by atoms with Gasteiger partial charge in [-0.3, -0.25) is 4.79 Å². The van der Waals surface area contributed by atoms with E-state index in [0.717, 1.165) is 44.7 Å². The molecule has 1 heterocycles. The van der Waals surface area contributed by atoms with Crippen LogP contribution in [0, 0.1) is 17.2 Å². The molecule has 22 heavy (non-hydrogen) atoms. The van der Waals surface area contributed by atoms with Gasteiger partial charge < -0.3 is 15.5 Å². The Morgan fingerprint density at radius 3 is 2.64 bits per heavy atom. The lowest BCUT2D eigenvalue weighted by Gasteiger charge is -2.30. The van der Waals surface area contributed by atoms with E-state index in [-0.39, 0.29) is 11.8 Å². The molecule has 0 saturated carbocycles. The first-order valence-electron chi connectivity index (χ1n) is 8.00. The van der Waals surface area contributed by atoms with E-state index in [9.17, 15) is 10.1 Å². The number of hydrogen-bond acceptors (Lipinski definition) is 4. The highest BCUT2D eigenvalue weighted by Crippen LogP contribution is 2.25. The number of nitrogens with zero attached hydrogens (tertiary/aromatic N) is 2. The van der Waals surface area contributed by atoms with Gasteiger partial charge in [0.2, 0.25) is 5.91 Å². The Hall–Kier alpha value is -2.06. The summed E-state index contributed by atoms with van der Waals surface area (Å²) in [6.07, 6.45) is 1.65. The fourth-order valence-corrected chi connectivity index (χ4v) is 2.79. The minimum Gasteiger partial charge on any atom is -0.368 e. The molecule has 0 bridgehead atoms. The molecule has 1 aliphatic rings. The molecule has 1 aromatic carbocycles. The Labute approximate surface area is 132 Å². The van der Waals surface area contributed by atoms with Crippen molar-refractivity contribution >= 4 is 17.3 Å². The van der Waals surface area contributed by atoms with Crippen molar-refractivity contribution in [2.45, 2.75) is 26.7 Å². The van der Waals surface area contributed by atoms with Crippen molar-refractivity contribution < 1.29 is 4.79 Å². The maximum atomic E-state index is 12.1. The van der Waals surface area contributed by atoms with Gasteiger partial charge in [0.15, 0.2) is 0 Å². The van der Waals surface area contributed by atoms with Gasteiger partial charge >= 0.3 is 0 Å².